The number of hydrogen-bond acceptors (Lipinski definition) is 1. The van der Waals surface area contributed by atoms with E-state index in [0.717, 1.165) is 18.6 Å². The summed E-state index contributed by atoms with van der Waals surface area (Å²) in [5, 5.41) is 0. The number of aldehydes is 1. The molecule has 0 saturated heterocycles. The van der Waals surface area contributed by atoms with Gasteiger partial charge >= 0.3 is 0 Å². The summed E-state index contributed by atoms with van der Waals surface area (Å²) in [5.41, 5.74) is 0. The number of hydrogen-bond donors (Lipinski definition) is 0. The molecular weight excluding hydrogens is 184 g/mol. The van der Waals surface area contributed by atoms with Crippen LogP contribution in [0.25, 0.3) is 0 Å². The quantitative estimate of drug-likeness (QED) is 0.473. The van der Waals surface area contributed by atoms with E-state index in [1.807, 2.05) is 0 Å². The molecule has 0 saturated carbocycles. The Labute approximate surface area is 92.3 Å². The van der Waals surface area contributed by atoms with Gasteiger partial charge in [-0.15, -0.1) is 0 Å². The summed E-state index contributed by atoms with van der Waals surface area (Å²) in [6.45, 7) is 2.29. The van der Waals surface area contributed by atoms with Crippen molar-refractivity contribution >= 4 is 6.29 Å². The zero-order chi connectivity index (χ0) is 10.7. The molecule has 0 bridgehead atoms. The average molecular weight is 204 g/mol. The topological polar surface area (TPSA) is 17.1 Å². The summed E-state index contributed by atoms with van der Waals surface area (Å²) in [4.78, 5) is 11.1. The molecule has 2 rings (SSSR count). The van der Waals surface area contributed by atoms with E-state index in [9.17, 15) is 4.79 Å². The van der Waals surface area contributed by atoms with Crippen molar-refractivity contribution in [2.45, 2.75) is 32.6 Å². The van der Waals surface area contributed by atoms with Crippen LogP contribution in [-0.2, 0) is 4.79 Å². The van der Waals surface area contributed by atoms with Crippen molar-refractivity contribution in [3.05, 3.63) is 24.3 Å². The zero-order valence-electron chi connectivity index (χ0n) is 9.43. The Kier molecular flexibility index (Phi) is 3.40. The number of carbonyl (C=O) groups is 1. The molecule has 15 heavy (non-hydrogen) atoms. The lowest BCUT2D eigenvalue weighted by Crippen LogP contribution is -2.31. The van der Waals surface area contributed by atoms with Gasteiger partial charge in [0, 0.05) is 5.92 Å². The predicted octanol–water partition coefficient (Wildman–Crippen LogP) is 3.37. The molecule has 0 spiro atoms. The van der Waals surface area contributed by atoms with E-state index in [1.54, 1.807) is 0 Å². The van der Waals surface area contributed by atoms with Crippen molar-refractivity contribution in [3.63, 3.8) is 0 Å². The van der Waals surface area contributed by atoms with E-state index >= 15 is 0 Å². The van der Waals surface area contributed by atoms with Crippen molar-refractivity contribution in [2.75, 3.05) is 0 Å². The Balaban J connectivity index is 2.19. The molecule has 4 unspecified atom stereocenters. The third-order valence-electron chi connectivity index (χ3n) is 4.01. The van der Waals surface area contributed by atoms with Gasteiger partial charge in [0.1, 0.15) is 6.29 Å². The Morgan fingerprint density at radius 1 is 1.07 bits per heavy atom. The zero-order valence-corrected chi connectivity index (χ0v) is 9.43. The Morgan fingerprint density at radius 2 is 1.73 bits per heavy atom. The summed E-state index contributed by atoms with van der Waals surface area (Å²) in [6, 6.07) is 0. The minimum atomic E-state index is 0.178. The fourth-order valence-corrected chi connectivity index (χ4v) is 3.11. The van der Waals surface area contributed by atoms with Crippen LogP contribution in [0.4, 0.5) is 0 Å². The average Bonchev–Trinajstić information content (AvgIpc) is 2.20. The molecule has 0 heterocycles. The molecular formula is C14H20O. The first-order valence-corrected chi connectivity index (χ1v) is 6.11. The number of carbonyl (C=O) groups excluding carboxylic acids is 1. The third kappa shape index (κ3) is 2.22. The van der Waals surface area contributed by atoms with Gasteiger partial charge in [-0.25, -0.2) is 0 Å². The summed E-state index contributed by atoms with van der Waals surface area (Å²) in [7, 11) is 0. The lowest BCUT2D eigenvalue weighted by atomic mass is 9.67. The first-order valence-electron chi connectivity index (χ1n) is 6.11. The fraction of sp³-hybridized carbons (Fsp3) is 0.643. The highest BCUT2D eigenvalue weighted by molar-refractivity contribution is 5.57. The van der Waals surface area contributed by atoms with Gasteiger partial charge in [0.05, 0.1) is 0 Å². The molecule has 2 aliphatic rings. The van der Waals surface area contributed by atoms with Crippen molar-refractivity contribution in [3.8, 4) is 0 Å². The van der Waals surface area contributed by atoms with Crippen LogP contribution in [0, 0.1) is 23.7 Å². The Morgan fingerprint density at radius 3 is 2.40 bits per heavy atom. The highest BCUT2D eigenvalue weighted by Crippen LogP contribution is 2.40. The Bertz CT molecular complexity index is 277. The lowest BCUT2D eigenvalue weighted by Gasteiger charge is -2.37. The first-order chi connectivity index (χ1) is 7.33. The monoisotopic (exact) mass is 204 g/mol. The number of fused-ring (bicyclic) bond motifs is 1. The largest absolute Gasteiger partial charge is 0.303 e. The van der Waals surface area contributed by atoms with Crippen LogP contribution < -0.4 is 0 Å². The van der Waals surface area contributed by atoms with E-state index in [2.05, 4.69) is 31.2 Å². The smallest absolute Gasteiger partial charge is 0.127 e. The van der Waals surface area contributed by atoms with Gasteiger partial charge in [0.15, 0.2) is 0 Å². The van der Waals surface area contributed by atoms with Gasteiger partial charge in [-0.3, -0.25) is 0 Å². The SMILES string of the molecule is CC1C=CC(C=O)C2CC/C=C/CCC12. The molecule has 0 amide bonds. The Hall–Kier alpha value is -0.850. The molecule has 0 N–H and O–H groups in total. The van der Waals surface area contributed by atoms with Crippen LogP contribution in [0.3, 0.4) is 0 Å². The minimum absolute atomic E-state index is 0.178. The molecule has 1 heteroatoms. The number of allylic oxidation sites excluding steroid dienone is 4. The van der Waals surface area contributed by atoms with Crippen molar-refractivity contribution in [2.24, 2.45) is 23.7 Å². The molecule has 0 aromatic carbocycles. The second kappa shape index (κ2) is 4.78. The van der Waals surface area contributed by atoms with Crippen LogP contribution >= 0.6 is 0 Å². The van der Waals surface area contributed by atoms with Gasteiger partial charge in [0.2, 0.25) is 0 Å². The molecule has 1 nitrogen and oxygen atoms in total. The van der Waals surface area contributed by atoms with Crippen molar-refractivity contribution < 1.29 is 4.79 Å². The second-order valence-electron chi connectivity index (χ2n) is 4.91. The van der Waals surface area contributed by atoms with Crippen LogP contribution in [-0.4, -0.2) is 6.29 Å². The lowest BCUT2D eigenvalue weighted by molar-refractivity contribution is -0.112. The van der Waals surface area contributed by atoms with Gasteiger partial charge in [-0.05, 0) is 43.4 Å². The number of rotatable bonds is 1. The standard InChI is InChI=1S/C14H20O/c1-11-8-9-12(10-15)14-7-5-3-2-4-6-13(11)14/h2-3,8-14H,4-7H2,1H3/b3-2+. The maximum absolute atomic E-state index is 11.1. The fourth-order valence-electron chi connectivity index (χ4n) is 3.11. The summed E-state index contributed by atoms with van der Waals surface area (Å²) < 4.78 is 0. The molecule has 4 atom stereocenters. The normalized spacial score (nSPS) is 42.5. The van der Waals surface area contributed by atoms with Crippen LogP contribution in [0.2, 0.25) is 0 Å². The van der Waals surface area contributed by atoms with E-state index in [4.69, 9.17) is 0 Å². The third-order valence-corrected chi connectivity index (χ3v) is 4.01. The molecule has 0 aliphatic heterocycles. The highest BCUT2D eigenvalue weighted by Gasteiger charge is 2.33. The molecule has 82 valence electrons. The van der Waals surface area contributed by atoms with Crippen molar-refractivity contribution in [1.82, 2.24) is 0 Å². The molecule has 0 aromatic rings. The predicted molar refractivity (Wildman–Crippen MR) is 62.4 cm³/mol. The van der Waals surface area contributed by atoms with Crippen molar-refractivity contribution in [1.29, 1.82) is 0 Å². The minimum Gasteiger partial charge on any atom is -0.303 e. The van der Waals surface area contributed by atoms with Crippen LogP contribution in [0.15, 0.2) is 24.3 Å². The van der Waals surface area contributed by atoms with Gasteiger partial charge in [0.25, 0.3) is 0 Å². The molecule has 0 aromatic heterocycles. The highest BCUT2D eigenvalue weighted by atomic mass is 16.1. The van der Waals surface area contributed by atoms with E-state index in [-0.39, 0.29) is 5.92 Å². The summed E-state index contributed by atoms with van der Waals surface area (Å²) >= 11 is 0. The van der Waals surface area contributed by atoms with E-state index in [0.29, 0.717) is 11.8 Å². The van der Waals surface area contributed by atoms with Gasteiger partial charge < -0.3 is 4.79 Å². The molecule has 0 radical (unpaired) electrons. The van der Waals surface area contributed by atoms with Crippen LogP contribution in [0.1, 0.15) is 32.6 Å². The summed E-state index contributed by atoms with van der Waals surface area (Å²) in [6.07, 6.45) is 14.9. The van der Waals surface area contributed by atoms with Gasteiger partial charge in [-0.2, -0.15) is 0 Å². The van der Waals surface area contributed by atoms with Gasteiger partial charge in [-0.1, -0.05) is 31.2 Å². The van der Waals surface area contributed by atoms with E-state index in [1.165, 1.54) is 19.3 Å². The van der Waals surface area contributed by atoms with E-state index < -0.39 is 0 Å². The maximum Gasteiger partial charge on any atom is 0.127 e. The molecule has 2 aliphatic carbocycles. The summed E-state index contributed by atoms with van der Waals surface area (Å²) in [5.74, 6) is 2.14. The second-order valence-corrected chi connectivity index (χ2v) is 4.91. The maximum atomic E-state index is 11.1. The molecule has 0 fully saturated rings. The first kappa shape index (κ1) is 10.7. The van der Waals surface area contributed by atoms with Crippen LogP contribution in [0.5, 0.6) is 0 Å².